The average molecular weight is 307 g/mol. The molecule has 0 unspecified atom stereocenters. The third kappa shape index (κ3) is 7.60. The smallest absolute Gasteiger partial charge is 0.139 e. The van der Waals surface area contributed by atoms with Gasteiger partial charge in [0.2, 0.25) is 0 Å². The molecule has 0 saturated heterocycles. The van der Waals surface area contributed by atoms with Gasteiger partial charge in [-0.2, -0.15) is 0 Å². The monoisotopic (exact) mass is 306 g/mol. The molecular formula is C18H30O2Si. The van der Waals surface area contributed by atoms with Crippen molar-refractivity contribution in [1.82, 2.24) is 0 Å². The molecular weight excluding hydrogens is 276 g/mol. The SMILES string of the molecule is C=C(C)c1ccc([SiH2]C(OCCCC)OCCCC)cc1. The topological polar surface area (TPSA) is 18.5 Å². The van der Waals surface area contributed by atoms with E-state index in [9.17, 15) is 0 Å². The van der Waals surface area contributed by atoms with Crippen LogP contribution >= 0.6 is 0 Å². The zero-order valence-corrected chi connectivity index (χ0v) is 15.3. The molecule has 1 aromatic rings. The van der Waals surface area contributed by atoms with E-state index in [4.69, 9.17) is 9.47 Å². The van der Waals surface area contributed by atoms with Crippen LogP contribution in [-0.4, -0.2) is 28.6 Å². The first-order valence-electron chi connectivity index (χ1n) is 8.15. The van der Waals surface area contributed by atoms with Crippen LogP contribution in [0.2, 0.25) is 0 Å². The molecule has 21 heavy (non-hydrogen) atoms. The van der Waals surface area contributed by atoms with Crippen LogP contribution in [0, 0.1) is 0 Å². The van der Waals surface area contributed by atoms with Crippen LogP contribution in [0.25, 0.3) is 5.57 Å². The Hall–Kier alpha value is -0.903. The summed E-state index contributed by atoms with van der Waals surface area (Å²) in [5.41, 5.74) is 2.32. The fourth-order valence-corrected chi connectivity index (χ4v) is 3.46. The van der Waals surface area contributed by atoms with Gasteiger partial charge in [0.05, 0.1) is 0 Å². The van der Waals surface area contributed by atoms with Crippen molar-refractivity contribution in [2.75, 3.05) is 13.2 Å². The lowest BCUT2D eigenvalue weighted by atomic mass is 10.1. The number of hydrogen-bond acceptors (Lipinski definition) is 2. The number of benzene rings is 1. The summed E-state index contributed by atoms with van der Waals surface area (Å²) >= 11 is 0. The molecule has 3 heteroatoms. The van der Waals surface area contributed by atoms with Crippen molar-refractivity contribution in [3.63, 3.8) is 0 Å². The van der Waals surface area contributed by atoms with Gasteiger partial charge >= 0.3 is 0 Å². The zero-order chi connectivity index (χ0) is 15.5. The average Bonchev–Trinajstić information content (AvgIpc) is 2.48. The third-order valence-corrected chi connectivity index (χ3v) is 5.20. The number of ether oxygens (including phenoxy) is 2. The van der Waals surface area contributed by atoms with Crippen LogP contribution in [0.4, 0.5) is 0 Å². The molecule has 0 heterocycles. The van der Waals surface area contributed by atoms with E-state index in [0.29, 0.717) is 0 Å². The van der Waals surface area contributed by atoms with Crippen molar-refractivity contribution in [2.24, 2.45) is 0 Å². The highest BCUT2D eigenvalue weighted by Gasteiger charge is 2.11. The Kier molecular flexibility index (Phi) is 9.31. The Labute approximate surface area is 132 Å². The summed E-state index contributed by atoms with van der Waals surface area (Å²) in [7, 11) is -0.568. The van der Waals surface area contributed by atoms with Crippen molar-refractivity contribution in [3.05, 3.63) is 36.4 Å². The van der Waals surface area contributed by atoms with Crippen molar-refractivity contribution >= 4 is 20.3 Å². The molecule has 0 aliphatic rings. The molecule has 2 nitrogen and oxygen atoms in total. The van der Waals surface area contributed by atoms with Gasteiger partial charge in [-0.1, -0.05) is 68.3 Å². The standard InChI is InChI=1S/C18H30O2Si/c1-5-7-13-19-18(20-14-8-6-2)21-17-11-9-16(10-12-17)15(3)4/h9-12,18H,3,5-8,13-14,21H2,1-2,4H3. The van der Waals surface area contributed by atoms with E-state index >= 15 is 0 Å². The lowest BCUT2D eigenvalue weighted by Gasteiger charge is -2.18. The lowest BCUT2D eigenvalue weighted by Crippen LogP contribution is -2.33. The molecule has 0 amide bonds. The predicted molar refractivity (Wildman–Crippen MR) is 94.8 cm³/mol. The highest BCUT2D eigenvalue weighted by Crippen LogP contribution is 2.09. The van der Waals surface area contributed by atoms with Crippen LogP contribution in [0.15, 0.2) is 30.8 Å². The molecule has 0 spiro atoms. The van der Waals surface area contributed by atoms with E-state index < -0.39 is 9.52 Å². The summed E-state index contributed by atoms with van der Waals surface area (Å²) in [6.07, 6.45) is 4.54. The van der Waals surface area contributed by atoms with Crippen LogP contribution < -0.4 is 5.19 Å². The molecule has 0 atom stereocenters. The first-order chi connectivity index (χ1) is 10.2. The molecule has 0 aliphatic heterocycles. The normalized spacial score (nSPS) is 11.6. The summed E-state index contributed by atoms with van der Waals surface area (Å²) < 4.78 is 11.9. The van der Waals surface area contributed by atoms with Gasteiger partial charge in [-0.05, 0) is 25.3 Å². The molecule has 0 bridgehead atoms. The van der Waals surface area contributed by atoms with Gasteiger partial charge < -0.3 is 9.47 Å². The molecule has 1 rings (SSSR count). The van der Waals surface area contributed by atoms with Crippen molar-refractivity contribution < 1.29 is 9.47 Å². The first-order valence-corrected chi connectivity index (χ1v) is 9.67. The predicted octanol–water partition coefficient (Wildman–Crippen LogP) is 3.43. The second-order valence-electron chi connectivity index (χ2n) is 5.56. The van der Waals surface area contributed by atoms with E-state index in [2.05, 4.69) is 44.7 Å². The first kappa shape index (κ1) is 18.1. The molecule has 0 N–H and O–H groups in total. The van der Waals surface area contributed by atoms with E-state index in [1.54, 1.807) is 0 Å². The highest BCUT2D eigenvalue weighted by molar-refractivity contribution is 6.54. The van der Waals surface area contributed by atoms with Crippen LogP contribution in [0.5, 0.6) is 0 Å². The Morgan fingerprint density at radius 2 is 1.57 bits per heavy atom. The third-order valence-electron chi connectivity index (χ3n) is 3.45. The summed E-state index contributed by atoms with van der Waals surface area (Å²) in [6.45, 7) is 12.0. The highest BCUT2D eigenvalue weighted by atomic mass is 28.2. The van der Waals surface area contributed by atoms with E-state index in [1.807, 2.05) is 6.92 Å². The maximum absolute atomic E-state index is 5.93. The number of rotatable bonds is 11. The van der Waals surface area contributed by atoms with Crippen LogP contribution in [0.1, 0.15) is 52.0 Å². The summed E-state index contributed by atoms with van der Waals surface area (Å²) in [6, 6.07) is 8.71. The number of unbranched alkanes of at least 4 members (excludes halogenated alkanes) is 2. The number of hydrogen-bond donors (Lipinski definition) is 0. The Morgan fingerprint density at radius 3 is 2.00 bits per heavy atom. The summed E-state index contributed by atoms with van der Waals surface area (Å²) in [5, 5.41) is 1.39. The molecule has 0 saturated carbocycles. The van der Waals surface area contributed by atoms with Crippen molar-refractivity contribution in [2.45, 2.75) is 52.4 Å². The van der Waals surface area contributed by atoms with E-state index in [-0.39, 0.29) is 5.91 Å². The largest absolute Gasteiger partial charge is 0.357 e. The van der Waals surface area contributed by atoms with E-state index in [0.717, 1.165) is 44.5 Å². The molecule has 0 fully saturated rings. The van der Waals surface area contributed by atoms with Crippen molar-refractivity contribution in [1.29, 1.82) is 0 Å². The van der Waals surface area contributed by atoms with Gasteiger partial charge in [-0.15, -0.1) is 0 Å². The Bertz CT molecular complexity index is 390. The lowest BCUT2D eigenvalue weighted by molar-refractivity contribution is -0.0910. The quantitative estimate of drug-likeness (QED) is 0.354. The second kappa shape index (κ2) is 10.8. The van der Waals surface area contributed by atoms with Gasteiger partial charge in [-0.3, -0.25) is 0 Å². The van der Waals surface area contributed by atoms with E-state index in [1.165, 1.54) is 10.8 Å². The molecule has 1 aromatic carbocycles. The van der Waals surface area contributed by atoms with Gasteiger partial charge in [-0.25, -0.2) is 0 Å². The maximum Gasteiger partial charge on any atom is 0.139 e. The fraction of sp³-hybridized carbons (Fsp3) is 0.556. The Morgan fingerprint density at radius 1 is 1.05 bits per heavy atom. The minimum Gasteiger partial charge on any atom is -0.357 e. The molecule has 118 valence electrons. The van der Waals surface area contributed by atoms with Gasteiger partial charge in [0.15, 0.2) is 0 Å². The Balaban J connectivity index is 2.54. The van der Waals surface area contributed by atoms with Gasteiger partial charge in [0, 0.05) is 13.2 Å². The fourth-order valence-electron chi connectivity index (χ4n) is 2.00. The second-order valence-corrected chi connectivity index (χ2v) is 7.45. The van der Waals surface area contributed by atoms with Gasteiger partial charge in [0.1, 0.15) is 15.4 Å². The molecule has 0 aliphatic carbocycles. The minimum absolute atomic E-state index is 0.0128. The zero-order valence-electron chi connectivity index (χ0n) is 13.9. The molecule has 0 aromatic heterocycles. The summed E-state index contributed by atoms with van der Waals surface area (Å²) in [5.74, 6) is 0.0128. The van der Waals surface area contributed by atoms with Crippen LogP contribution in [-0.2, 0) is 9.47 Å². The van der Waals surface area contributed by atoms with Crippen molar-refractivity contribution in [3.8, 4) is 0 Å². The summed E-state index contributed by atoms with van der Waals surface area (Å²) in [4.78, 5) is 0. The van der Waals surface area contributed by atoms with Crippen LogP contribution in [0.3, 0.4) is 0 Å². The maximum atomic E-state index is 5.93. The molecule has 0 radical (unpaired) electrons. The van der Waals surface area contributed by atoms with Gasteiger partial charge in [0.25, 0.3) is 0 Å². The minimum atomic E-state index is -0.568. The number of allylic oxidation sites excluding steroid dienone is 1.